The van der Waals surface area contributed by atoms with Gasteiger partial charge in [-0.2, -0.15) is 5.10 Å². The molecule has 6 heteroatoms. The number of anilines is 1. The number of rotatable bonds is 5. The van der Waals surface area contributed by atoms with Gasteiger partial charge in [-0.15, -0.1) is 11.3 Å². The van der Waals surface area contributed by atoms with Crippen LogP contribution in [-0.4, -0.2) is 15.3 Å². The maximum absolute atomic E-state index is 12.6. The number of fused-ring (bicyclic) bond motifs is 1. The molecule has 0 amide bonds. The second-order valence-corrected chi connectivity index (χ2v) is 5.95. The first-order valence-corrected chi connectivity index (χ1v) is 8.48. The van der Waals surface area contributed by atoms with Crippen LogP contribution in [0.15, 0.2) is 51.7 Å². The van der Waals surface area contributed by atoms with Crippen molar-refractivity contribution in [2.24, 2.45) is 5.10 Å². The minimum absolute atomic E-state index is 0.0510. The van der Waals surface area contributed by atoms with Gasteiger partial charge in [-0.05, 0) is 36.9 Å². The smallest absolute Gasteiger partial charge is 0.262 e. The van der Waals surface area contributed by atoms with Gasteiger partial charge >= 0.3 is 0 Å². The molecular weight excluding hydrogens is 308 g/mol. The number of aromatic nitrogens is 2. The molecule has 0 unspecified atom stereocenters. The summed E-state index contributed by atoms with van der Waals surface area (Å²) in [5.41, 5.74) is 4.56. The van der Waals surface area contributed by atoms with Crippen molar-refractivity contribution < 1.29 is 0 Å². The molecule has 23 heavy (non-hydrogen) atoms. The van der Waals surface area contributed by atoms with Gasteiger partial charge in [0.25, 0.3) is 5.56 Å². The third-order valence-corrected chi connectivity index (χ3v) is 4.53. The molecule has 1 N–H and O–H groups in total. The lowest BCUT2D eigenvalue weighted by Gasteiger charge is -2.11. The molecule has 2 aromatic heterocycles. The zero-order chi connectivity index (χ0) is 16.2. The predicted octanol–water partition coefficient (Wildman–Crippen LogP) is 3.70. The van der Waals surface area contributed by atoms with Crippen LogP contribution < -0.4 is 11.0 Å². The first-order chi connectivity index (χ1) is 11.2. The van der Waals surface area contributed by atoms with Gasteiger partial charge < -0.3 is 0 Å². The van der Waals surface area contributed by atoms with Crippen LogP contribution in [0.1, 0.15) is 25.1 Å². The number of benzene rings is 1. The van der Waals surface area contributed by atoms with Gasteiger partial charge in [-0.25, -0.2) is 10.4 Å². The molecule has 0 aliphatic rings. The highest BCUT2D eigenvalue weighted by atomic mass is 32.1. The molecule has 0 fully saturated rings. The Labute approximate surface area is 138 Å². The molecule has 2 heterocycles. The van der Waals surface area contributed by atoms with Crippen LogP contribution in [0.2, 0.25) is 0 Å². The number of para-hydroxylation sites is 1. The molecule has 0 atom stereocenters. The Bertz CT molecular complexity index is 897. The SMILES string of the molecule is CC/C(=N/Nc1nc2ccccc2c(=O)n1CC)c1cccs1. The molecule has 0 spiro atoms. The van der Waals surface area contributed by atoms with Crippen LogP contribution in [0.3, 0.4) is 0 Å². The topological polar surface area (TPSA) is 59.3 Å². The standard InChI is InChI=1S/C17H18N4OS/c1-3-13(15-10-7-11-23-15)19-20-17-18-14-9-6-5-8-12(14)16(22)21(17)4-2/h5-11H,3-4H2,1-2H3,(H,18,20)/b19-13-. The summed E-state index contributed by atoms with van der Waals surface area (Å²) in [6, 6.07) is 11.4. The minimum atomic E-state index is -0.0510. The molecule has 0 saturated heterocycles. The Morgan fingerprint density at radius 1 is 1.26 bits per heavy atom. The monoisotopic (exact) mass is 326 g/mol. The maximum atomic E-state index is 12.6. The molecule has 3 rings (SSSR count). The summed E-state index contributed by atoms with van der Waals surface area (Å²) in [6.45, 7) is 4.52. The zero-order valence-electron chi connectivity index (χ0n) is 13.1. The second-order valence-electron chi connectivity index (χ2n) is 5.00. The maximum Gasteiger partial charge on any atom is 0.262 e. The van der Waals surface area contributed by atoms with E-state index in [-0.39, 0.29) is 5.56 Å². The van der Waals surface area contributed by atoms with Crippen molar-refractivity contribution in [3.8, 4) is 0 Å². The van der Waals surface area contributed by atoms with Crippen LogP contribution in [0.25, 0.3) is 10.9 Å². The lowest BCUT2D eigenvalue weighted by molar-refractivity contribution is 0.724. The van der Waals surface area contributed by atoms with E-state index in [1.807, 2.05) is 42.6 Å². The van der Waals surface area contributed by atoms with E-state index >= 15 is 0 Å². The van der Waals surface area contributed by atoms with Gasteiger partial charge in [0, 0.05) is 6.54 Å². The van der Waals surface area contributed by atoms with E-state index in [2.05, 4.69) is 22.4 Å². The number of hydrogen-bond donors (Lipinski definition) is 1. The largest absolute Gasteiger partial charge is 0.277 e. The van der Waals surface area contributed by atoms with Gasteiger partial charge in [0.1, 0.15) is 0 Å². The molecule has 1 aromatic carbocycles. The third-order valence-electron chi connectivity index (χ3n) is 3.61. The molecular formula is C17H18N4OS. The quantitative estimate of drug-likeness (QED) is 0.574. The molecule has 0 aliphatic heterocycles. The van der Waals surface area contributed by atoms with Gasteiger partial charge in [0.2, 0.25) is 5.95 Å². The number of thiophene rings is 1. The summed E-state index contributed by atoms with van der Waals surface area (Å²) in [7, 11) is 0. The molecule has 0 aliphatic carbocycles. The van der Waals surface area contributed by atoms with Crippen molar-refractivity contribution >= 4 is 33.9 Å². The molecule has 118 valence electrons. The number of nitrogens with one attached hydrogen (secondary N) is 1. The van der Waals surface area contributed by atoms with Crippen molar-refractivity contribution in [3.05, 3.63) is 57.0 Å². The minimum Gasteiger partial charge on any atom is -0.277 e. The van der Waals surface area contributed by atoms with Gasteiger partial charge in [0.05, 0.1) is 21.5 Å². The van der Waals surface area contributed by atoms with E-state index < -0.39 is 0 Å². The second kappa shape index (κ2) is 6.75. The fraction of sp³-hybridized carbons (Fsp3) is 0.235. The van der Waals surface area contributed by atoms with Crippen molar-refractivity contribution in [2.75, 3.05) is 5.43 Å². The van der Waals surface area contributed by atoms with Crippen LogP contribution in [0.5, 0.6) is 0 Å². The van der Waals surface area contributed by atoms with Crippen LogP contribution in [0, 0.1) is 0 Å². The average Bonchev–Trinajstić information content (AvgIpc) is 3.10. The highest BCUT2D eigenvalue weighted by Gasteiger charge is 2.09. The summed E-state index contributed by atoms with van der Waals surface area (Å²) < 4.78 is 1.60. The van der Waals surface area contributed by atoms with Crippen molar-refractivity contribution in [1.29, 1.82) is 0 Å². The summed E-state index contributed by atoms with van der Waals surface area (Å²) in [6.07, 6.45) is 0.803. The Morgan fingerprint density at radius 3 is 2.78 bits per heavy atom. The third kappa shape index (κ3) is 3.03. The number of nitrogens with zero attached hydrogens (tertiary/aromatic N) is 3. The van der Waals surface area contributed by atoms with E-state index in [0.29, 0.717) is 23.4 Å². The summed E-state index contributed by atoms with van der Waals surface area (Å²) in [4.78, 5) is 18.2. The number of hydrazone groups is 1. The fourth-order valence-corrected chi connectivity index (χ4v) is 3.20. The molecule has 5 nitrogen and oxygen atoms in total. The number of hydrogen-bond acceptors (Lipinski definition) is 5. The van der Waals surface area contributed by atoms with Gasteiger partial charge in [-0.3, -0.25) is 9.36 Å². The van der Waals surface area contributed by atoms with Crippen LogP contribution in [0.4, 0.5) is 5.95 Å². The highest BCUT2D eigenvalue weighted by Crippen LogP contribution is 2.14. The molecule has 0 saturated carbocycles. The summed E-state index contributed by atoms with van der Waals surface area (Å²) in [5.74, 6) is 0.471. The van der Waals surface area contributed by atoms with Gasteiger partial charge in [0.15, 0.2) is 0 Å². The summed E-state index contributed by atoms with van der Waals surface area (Å²) >= 11 is 1.65. The first-order valence-electron chi connectivity index (χ1n) is 7.60. The Balaban J connectivity index is 2.04. The lowest BCUT2D eigenvalue weighted by atomic mass is 10.2. The average molecular weight is 326 g/mol. The molecule has 0 radical (unpaired) electrons. The Kier molecular flexibility index (Phi) is 4.52. The Morgan fingerprint density at radius 2 is 2.09 bits per heavy atom. The zero-order valence-corrected chi connectivity index (χ0v) is 13.9. The van der Waals surface area contributed by atoms with Crippen molar-refractivity contribution in [3.63, 3.8) is 0 Å². The summed E-state index contributed by atoms with van der Waals surface area (Å²) in [5, 5.41) is 7.11. The molecule has 0 bridgehead atoms. The van der Waals surface area contributed by atoms with E-state index in [0.717, 1.165) is 17.0 Å². The van der Waals surface area contributed by atoms with E-state index in [4.69, 9.17) is 0 Å². The van der Waals surface area contributed by atoms with Gasteiger partial charge in [-0.1, -0.05) is 25.1 Å². The molecule has 3 aromatic rings. The van der Waals surface area contributed by atoms with Crippen LogP contribution in [-0.2, 0) is 6.54 Å². The first kappa shape index (κ1) is 15.4. The van der Waals surface area contributed by atoms with E-state index in [1.165, 1.54) is 0 Å². The van der Waals surface area contributed by atoms with E-state index in [1.54, 1.807) is 22.0 Å². The lowest BCUT2D eigenvalue weighted by Crippen LogP contribution is -2.23. The van der Waals surface area contributed by atoms with Crippen LogP contribution >= 0.6 is 11.3 Å². The Hall–Kier alpha value is -2.47. The normalized spacial score (nSPS) is 11.8. The van der Waals surface area contributed by atoms with Crippen molar-refractivity contribution in [1.82, 2.24) is 9.55 Å². The van der Waals surface area contributed by atoms with E-state index in [9.17, 15) is 4.79 Å². The van der Waals surface area contributed by atoms with Crippen molar-refractivity contribution in [2.45, 2.75) is 26.8 Å². The fourth-order valence-electron chi connectivity index (χ4n) is 2.42. The predicted molar refractivity (Wildman–Crippen MR) is 96.4 cm³/mol. The highest BCUT2D eigenvalue weighted by molar-refractivity contribution is 7.12.